The van der Waals surface area contributed by atoms with E-state index in [1.807, 2.05) is 0 Å². The Morgan fingerprint density at radius 2 is 1.40 bits per heavy atom. The summed E-state index contributed by atoms with van der Waals surface area (Å²) in [5, 5.41) is 0. The molecule has 2 aromatic rings. The fourth-order valence-corrected chi connectivity index (χ4v) is 4.54. The van der Waals surface area contributed by atoms with E-state index in [9.17, 15) is 0 Å². The summed E-state index contributed by atoms with van der Waals surface area (Å²) in [6, 6.07) is 20.5. The van der Waals surface area contributed by atoms with Crippen LogP contribution in [-0.2, 0) is 12.8 Å². The standard InChI is InChI=1S/C25H34/c1-3-7-21-10-12-22(13-11-21)14-15-23-16-18-25(19-17-23)20(2)24-8-5-4-6-9-24/h4-6,8-13,20,23,25H,3,7,14-19H2,1-2H3. The van der Waals surface area contributed by atoms with Gasteiger partial charge >= 0.3 is 0 Å². The van der Waals surface area contributed by atoms with Crippen molar-refractivity contribution in [2.24, 2.45) is 11.8 Å². The van der Waals surface area contributed by atoms with Gasteiger partial charge in [0.25, 0.3) is 0 Å². The second kappa shape index (κ2) is 9.22. The Morgan fingerprint density at radius 1 is 0.800 bits per heavy atom. The molecule has 2 aromatic carbocycles. The molecule has 0 saturated heterocycles. The van der Waals surface area contributed by atoms with Crippen LogP contribution in [0.3, 0.4) is 0 Å². The highest BCUT2D eigenvalue weighted by Crippen LogP contribution is 2.39. The molecule has 0 aromatic heterocycles. The first-order chi connectivity index (χ1) is 12.3. The summed E-state index contributed by atoms with van der Waals surface area (Å²) in [5.74, 6) is 2.54. The van der Waals surface area contributed by atoms with Crippen LogP contribution >= 0.6 is 0 Å². The predicted octanol–water partition coefficient (Wildman–Crippen LogP) is 7.18. The molecular weight excluding hydrogens is 300 g/mol. The molecule has 3 rings (SSSR count). The molecule has 134 valence electrons. The minimum Gasteiger partial charge on any atom is -0.0651 e. The van der Waals surface area contributed by atoms with Gasteiger partial charge in [0.1, 0.15) is 0 Å². The fourth-order valence-electron chi connectivity index (χ4n) is 4.54. The molecule has 0 nitrogen and oxygen atoms in total. The molecule has 1 saturated carbocycles. The first kappa shape index (κ1) is 18.2. The summed E-state index contributed by atoms with van der Waals surface area (Å²) in [7, 11) is 0. The number of hydrogen-bond acceptors (Lipinski definition) is 0. The third-order valence-corrected chi connectivity index (χ3v) is 6.33. The number of rotatable bonds is 7. The van der Waals surface area contributed by atoms with Crippen LogP contribution in [0.25, 0.3) is 0 Å². The van der Waals surface area contributed by atoms with Crippen molar-refractivity contribution in [1.82, 2.24) is 0 Å². The van der Waals surface area contributed by atoms with Gasteiger partial charge < -0.3 is 0 Å². The molecule has 0 bridgehead atoms. The van der Waals surface area contributed by atoms with Crippen molar-refractivity contribution in [2.75, 3.05) is 0 Å². The predicted molar refractivity (Wildman–Crippen MR) is 109 cm³/mol. The molecule has 0 radical (unpaired) electrons. The van der Waals surface area contributed by atoms with Crippen molar-refractivity contribution in [3.63, 3.8) is 0 Å². The average molecular weight is 335 g/mol. The van der Waals surface area contributed by atoms with Crippen LogP contribution in [0.15, 0.2) is 54.6 Å². The molecule has 0 N–H and O–H groups in total. The van der Waals surface area contributed by atoms with Crippen LogP contribution in [0.2, 0.25) is 0 Å². The Hall–Kier alpha value is -1.56. The van der Waals surface area contributed by atoms with Gasteiger partial charge in [0.2, 0.25) is 0 Å². The van der Waals surface area contributed by atoms with Crippen molar-refractivity contribution in [3.05, 3.63) is 71.3 Å². The quantitative estimate of drug-likeness (QED) is 0.503. The Balaban J connectivity index is 1.43. The minimum absolute atomic E-state index is 0.716. The maximum Gasteiger partial charge on any atom is -0.0162 e. The third kappa shape index (κ3) is 5.21. The van der Waals surface area contributed by atoms with E-state index < -0.39 is 0 Å². The molecule has 1 atom stereocenters. The van der Waals surface area contributed by atoms with E-state index in [2.05, 4.69) is 68.4 Å². The highest BCUT2D eigenvalue weighted by Gasteiger charge is 2.25. The van der Waals surface area contributed by atoms with Gasteiger partial charge in [-0.2, -0.15) is 0 Å². The number of benzene rings is 2. The van der Waals surface area contributed by atoms with Crippen LogP contribution in [0, 0.1) is 11.8 Å². The largest absolute Gasteiger partial charge is 0.0651 e. The van der Waals surface area contributed by atoms with E-state index >= 15 is 0 Å². The first-order valence-corrected chi connectivity index (χ1v) is 10.4. The summed E-state index contributed by atoms with van der Waals surface area (Å²) in [5.41, 5.74) is 4.54. The van der Waals surface area contributed by atoms with Gasteiger partial charge in [0, 0.05) is 0 Å². The molecule has 1 fully saturated rings. The van der Waals surface area contributed by atoms with Gasteiger partial charge in [-0.25, -0.2) is 0 Å². The monoisotopic (exact) mass is 334 g/mol. The van der Waals surface area contributed by atoms with Crippen LogP contribution in [0.5, 0.6) is 0 Å². The lowest BCUT2D eigenvalue weighted by Gasteiger charge is -2.32. The molecule has 0 heteroatoms. The van der Waals surface area contributed by atoms with Crippen LogP contribution in [0.1, 0.15) is 75.0 Å². The first-order valence-electron chi connectivity index (χ1n) is 10.4. The van der Waals surface area contributed by atoms with Gasteiger partial charge in [0.15, 0.2) is 0 Å². The van der Waals surface area contributed by atoms with Crippen molar-refractivity contribution in [3.8, 4) is 0 Å². The topological polar surface area (TPSA) is 0 Å². The lowest BCUT2D eigenvalue weighted by molar-refractivity contribution is 0.240. The smallest absolute Gasteiger partial charge is 0.0162 e. The van der Waals surface area contributed by atoms with Gasteiger partial charge in [-0.3, -0.25) is 0 Å². The number of aryl methyl sites for hydroxylation is 2. The molecular formula is C25H34. The summed E-state index contributed by atoms with van der Waals surface area (Å²) in [6.45, 7) is 4.68. The van der Waals surface area contributed by atoms with Crippen LogP contribution in [-0.4, -0.2) is 0 Å². The maximum atomic E-state index is 2.43. The Morgan fingerprint density at radius 3 is 2.00 bits per heavy atom. The molecule has 0 spiro atoms. The second-order valence-corrected chi connectivity index (χ2v) is 8.09. The zero-order chi connectivity index (χ0) is 17.5. The average Bonchev–Trinajstić information content (AvgIpc) is 2.68. The van der Waals surface area contributed by atoms with Gasteiger partial charge in [-0.1, -0.05) is 87.7 Å². The summed E-state index contributed by atoms with van der Waals surface area (Å²) < 4.78 is 0. The number of hydrogen-bond donors (Lipinski definition) is 0. The Kier molecular flexibility index (Phi) is 6.73. The van der Waals surface area contributed by atoms with Crippen molar-refractivity contribution < 1.29 is 0 Å². The molecule has 0 aliphatic heterocycles. The van der Waals surface area contributed by atoms with E-state index in [1.165, 1.54) is 68.1 Å². The minimum atomic E-state index is 0.716. The summed E-state index contributed by atoms with van der Waals surface area (Å²) in [6.07, 6.45) is 10.8. The van der Waals surface area contributed by atoms with Gasteiger partial charge in [-0.15, -0.1) is 0 Å². The third-order valence-electron chi connectivity index (χ3n) is 6.33. The molecule has 0 amide bonds. The van der Waals surface area contributed by atoms with Crippen molar-refractivity contribution in [1.29, 1.82) is 0 Å². The lowest BCUT2D eigenvalue weighted by atomic mass is 9.73. The van der Waals surface area contributed by atoms with Gasteiger partial charge in [0.05, 0.1) is 0 Å². The normalized spacial score (nSPS) is 21.8. The van der Waals surface area contributed by atoms with E-state index in [1.54, 1.807) is 0 Å². The van der Waals surface area contributed by atoms with E-state index in [0.717, 1.165) is 11.8 Å². The van der Waals surface area contributed by atoms with Crippen molar-refractivity contribution in [2.45, 2.75) is 71.1 Å². The van der Waals surface area contributed by atoms with E-state index in [-0.39, 0.29) is 0 Å². The highest BCUT2D eigenvalue weighted by molar-refractivity contribution is 5.23. The second-order valence-electron chi connectivity index (χ2n) is 8.09. The SMILES string of the molecule is CCCc1ccc(CCC2CCC(C(C)c3ccccc3)CC2)cc1. The van der Waals surface area contributed by atoms with E-state index in [0.29, 0.717) is 5.92 Å². The highest BCUT2D eigenvalue weighted by atomic mass is 14.3. The summed E-state index contributed by atoms with van der Waals surface area (Å²) >= 11 is 0. The fraction of sp³-hybridized carbons (Fsp3) is 0.520. The van der Waals surface area contributed by atoms with Crippen LogP contribution < -0.4 is 0 Å². The van der Waals surface area contributed by atoms with E-state index in [4.69, 9.17) is 0 Å². The molecule has 25 heavy (non-hydrogen) atoms. The zero-order valence-electron chi connectivity index (χ0n) is 16.1. The summed E-state index contributed by atoms with van der Waals surface area (Å²) in [4.78, 5) is 0. The molecule has 1 aliphatic carbocycles. The molecule has 1 aliphatic rings. The van der Waals surface area contributed by atoms with Gasteiger partial charge in [-0.05, 0) is 66.5 Å². The van der Waals surface area contributed by atoms with Crippen molar-refractivity contribution >= 4 is 0 Å². The zero-order valence-corrected chi connectivity index (χ0v) is 16.1. The molecule has 0 heterocycles. The maximum absolute atomic E-state index is 2.43. The van der Waals surface area contributed by atoms with Crippen LogP contribution in [0.4, 0.5) is 0 Å². The Bertz CT molecular complexity index is 602. The lowest BCUT2D eigenvalue weighted by Crippen LogP contribution is -2.19. The molecule has 1 unspecified atom stereocenters. The Labute approximate surface area is 154 Å².